The van der Waals surface area contributed by atoms with Gasteiger partial charge in [0.1, 0.15) is 0 Å². The summed E-state index contributed by atoms with van der Waals surface area (Å²) in [6.45, 7) is 3.64. The van der Waals surface area contributed by atoms with E-state index < -0.39 is 0 Å². The number of benzene rings is 1. The second kappa shape index (κ2) is 7.14. The van der Waals surface area contributed by atoms with Gasteiger partial charge in [0, 0.05) is 0 Å². The van der Waals surface area contributed by atoms with Gasteiger partial charge in [-0.15, -0.1) is 0 Å². The van der Waals surface area contributed by atoms with Gasteiger partial charge < -0.3 is 0 Å². The monoisotopic (exact) mass is 186 g/mol. The van der Waals surface area contributed by atoms with Crippen molar-refractivity contribution in [1.82, 2.24) is 0 Å². The second-order valence-electron chi connectivity index (χ2n) is 3.40. The Morgan fingerprint density at radius 2 is 1.86 bits per heavy atom. The number of aryl methyl sites for hydroxylation is 1. The Balaban J connectivity index is 2.10. The molecule has 74 valence electrons. The van der Waals surface area contributed by atoms with Crippen molar-refractivity contribution in [1.29, 1.82) is 0 Å². The number of unbranched alkanes of at least 4 members (excludes halogenated alkanes) is 2. The molecule has 0 heterocycles. The van der Waals surface area contributed by atoms with Crippen molar-refractivity contribution >= 4 is 0 Å². The van der Waals surface area contributed by atoms with E-state index in [1.807, 2.05) is 12.2 Å². The van der Waals surface area contributed by atoms with Crippen molar-refractivity contribution in [3.63, 3.8) is 0 Å². The summed E-state index contributed by atoms with van der Waals surface area (Å²) in [6, 6.07) is 10.7. The topological polar surface area (TPSA) is 0 Å². The highest BCUT2D eigenvalue weighted by atomic mass is 14.0. The largest absolute Gasteiger partial charge is 0.0991 e. The molecule has 0 aliphatic heterocycles. The van der Waals surface area contributed by atoms with Gasteiger partial charge in [-0.05, 0) is 31.2 Å². The summed E-state index contributed by atoms with van der Waals surface area (Å²) in [4.78, 5) is 0. The van der Waals surface area contributed by atoms with Crippen LogP contribution in [0.3, 0.4) is 0 Å². The van der Waals surface area contributed by atoms with Gasteiger partial charge in [0.25, 0.3) is 0 Å². The minimum absolute atomic E-state index is 1.17. The molecule has 0 nitrogen and oxygen atoms in total. The maximum Gasteiger partial charge on any atom is -0.0279 e. The molecule has 0 N–H and O–H groups in total. The molecule has 1 aromatic carbocycles. The van der Waals surface area contributed by atoms with Crippen LogP contribution in [0.5, 0.6) is 0 Å². The van der Waals surface area contributed by atoms with Crippen LogP contribution in [0.1, 0.15) is 24.8 Å². The number of allylic oxidation sites excluding steroid dienone is 3. The quantitative estimate of drug-likeness (QED) is 0.462. The predicted molar refractivity (Wildman–Crippen MR) is 63.3 cm³/mol. The normalized spacial score (nSPS) is 10.6. The molecule has 0 aromatic heterocycles. The highest BCUT2D eigenvalue weighted by Gasteiger charge is 1.90. The van der Waals surface area contributed by atoms with Crippen molar-refractivity contribution < 1.29 is 0 Å². The first-order valence-corrected chi connectivity index (χ1v) is 5.25. The van der Waals surface area contributed by atoms with Crippen LogP contribution in [0.25, 0.3) is 0 Å². The van der Waals surface area contributed by atoms with Crippen LogP contribution in [0.15, 0.2) is 55.1 Å². The zero-order chi connectivity index (χ0) is 10.1. The van der Waals surface area contributed by atoms with Gasteiger partial charge in [-0.2, -0.15) is 0 Å². The summed E-state index contributed by atoms with van der Waals surface area (Å²) in [7, 11) is 0. The van der Waals surface area contributed by atoms with Gasteiger partial charge in [0.05, 0.1) is 0 Å². The van der Waals surface area contributed by atoms with Crippen molar-refractivity contribution in [2.24, 2.45) is 0 Å². The van der Waals surface area contributed by atoms with Gasteiger partial charge >= 0.3 is 0 Å². The summed E-state index contributed by atoms with van der Waals surface area (Å²) < 4.78 is 0. The predicted octanol–water partition coefficient (Wildman–Crippen LogP) is 4.14. The van der Waals surface area contributed by atoms with E-state index in [0.29, 0.717) is 0 Å². The molecule has 0 spiro atoms. The molecule has 0 bridgehead atoms. The van der Waals surface area contributed by atoms with Crippen molar-refractivity contribution in [2.45, 2.75) is 25.7 Å². The Kier molecular flexibility index (Phi) is 5.49. The summed E-state index contributed by atoms with van der Waals surface area (Å²) in [5.41, 5.74) is 1.44. The van der Waals surface area contributed by atoms with E-state index in [2.05, 4.69) is 43.0 Å². The smallest absolute Gasteiger partial charge is 0.0279 e. The van der Waals surface area contributed by atoms with Crippen LogP contribution in [0.2, 0.25) is 0 Å². The van der Waals surface area contributed by atoms with Crippen molar-refractivity contribution in [3.8, 4) is 0 Å². The molecule has 0 aliphatic carbocycles. The lowest BCUT2D eigenvalue weighted by Crippen LogP contribution is -1.83. The molecular weight excluding hydrogens is 168 g/mol. The first-order valence-electron chi connectivity index (χ1n) is 5.25. The standard InChI is InChI=1S/C14H18/c1-2-3-4-5-6-8-11-14-12-9-7-10-13-14/h2-4,7,9-10,12-13H,1,5-6,8,11H2/b4-3+. The van der Waals surface area contributed by atoms with E-state index in [-0.39, 0.29) is 0 Å². The Hall–Kier alpha value is -1.30. The first kappa shape index (κ1) is 10.8. The maximum atomic E-state index is 3.64. The molecule has 0 heteroatoms. The molecule has 0 atom stereocenters. The van der Waals surface area contributed by atoms with Crippen LogP contribution in [-0.2, 0) is 6.42 Å². The average molecular weight is 186 g/mol. The van der Waals surface area contributed by atoms with E-state index in [1.165, 1.54) is 31.2 Å². The zero-order valence-corrected chi connectivity index (χ0v) is 8.65. The third kappa shape index (κ3) is 4.66. The fourth-order valence-electron chi connectivity index (χ4n) is 1.43. The van der Waals surface area contributed by atoms with Crippen LogP contribution < -0.4 is 0 Å². The van der Waals surface area contributed by atoms with Crippen LogP contribution >= 0.6 is 0 Å². The molecule has 14 heavy (non-hydrogen) atoms. The lowest BCUT2D eigenvalue weighted by molar-refractivity contribution is 0.747. The molecule has 1 aromatic rings. The van der Waals surface area contributed by atoms with Crippen LogP contribution in [0, 0.1) is 0 Å². The highest BCUT2D eigenvalue weighted by molar-refractivity contribution is 5.14. The Morgan fingerprint density at radius 1 is 1.07 bits per heavy atom. The van der Waals surface area contributed by atoms with Gasteiger partial charge in [-0.3, -0.25) is 0 Å². The number of rotatable bonds is 6. The summed E-state index contributed by atoms with van der Waals surface area (Å²) in [6.07, 6.45) is 10.9. The van der Waals surface area contributed by atoms with E-state index in [9.17, 15) is 0 Å². The van der Waals surface area contributed by atoms with E-state index in [1.54, 1.807) is 0 Å². The van der Waals surface area contributed by atoms with Crippen LogP contribution in [-0.4, -0.2) is 0 Å². The highest BCUT2D eigenvalue weighted by Crippen LogP contribution is 2.06. The second-order valence-corrected chi connectivity index (χ2v) is 3.40. The molecular formula is C14H18. The molecule has 0 aliphatic rings. The molecule has 0 saturated carbocycles. The SMILES string of the molecule is C=C/C=C/CCCCc1ccccc1. The lowest BCUT2D eigenvalue weighted by Gasteiger charge is -1.98. The molecule has 0 radical (unpaired) electrons. The fourth-order valence-corrected chi connectivity index (χ4v) is 1.43. The third-order valence-corrected chi connectivity index (χ3v) is 2.20. The fraction of sp³-hybridized carbons (Fsp3) is 0.286. The molecule has 0 fully saturated rings. The van der Waals surface area contributed by atoms with Crippen molar-refractivity contribution in [3.05, 3.63) is 60.7 Å². The molecule has 0 amide bonds. The van der Waals surface area contributed by atoms with Gasteiger partial charge in [-0.1, -0.05) is 55.1 Å². The van der Waals surface area contributed by atoms with Gasteiger partial charge in [0.15, 0.2) is 0 Å². The molecule has 0 saturated heterocycles. The van der Waals surface area contributed by atoms with Crippen molar-refractivity contribution in [2.75, 3.05) is 0 Å². The summed E-state index contributed by atoms with van der Waals surface area (Å²) in [5, 5.41) is 0. The maximum absolute atomic E-state index is 3.64. The minimum atomic E-state index is 1.17. The van der Waals surface area contributed by atoms with Gasteiger partial charge in [-0.25, -0.2) is 0 Å². The van der Waals surface area contributed by atoms with Crippen LogP contribution in [0.4, 0.5) is 0 Å². The Morgan fingerprint density at radius 3 is 2.57 bits per heavy atom. The lowest BCUT2D eigenvalue weighted by atomic mass is 10.1. The summed E-state index contributed by atoms with van der Waals surface area (Å²) >= 11 is 0. The molecule has 0 unspecified atom stereocenters. The average Bonchev–Trinajstić information content (AvgIpc) is 2.25. The Labute approximate surface area is 87.0 Å². The summed E-state index contributed by atoms with van der Waals surface area (Å²) in [5.74, 6) is 0. The van der Waals surface area contributed by atoms with E-state index in [4.69, 9.17) is 0 Å². The Bertz CT molecular complexity index is 269. The molecule has 1 rings (SSSR count). The third-order valence-electron chi connectivity index (χ3n) is 2.20. The zero-order valence-electron chi connectivity index (χ0n) is 8.65. The number of hydrogen-bond donors (Lipinski definition) is 0. The van der Waals surface area contributed by atoms with Gasteiger partial charge in [0.2, 0.25) is 0 Å². The minimum Gasteiger partial charge on any atom is -0.0991 e. The number of hydrogen-bond acceptors (Lipinski definition) is 0. The first-order chi connectivity index (χ1) is 6.93. The van der Waals surface area contributed by atoms with E-state index in [0.717, 1.165) is 0 Å². The van der Waals surface area contributed by atoms with E-state index >= 15 is 0 Å².